The predicted octanol–water partition coefficient (Wildman–Crippen LogP) is 1.90. The van der Waals surface area contributed by atoms with Crippen molar-refractivity contribution in [2.75, 3.05) is 18.1 Å². The molecule has 17 heavy (non-hydrogen) atoms. The lowest BCUT2D eigenvalue weighted by Crippen LogP contribution is -2.47. The molecule has 1 aromatic rings. The van der Waals surface area contributed by atoms with Crippen LogP contribution >= 0.6 is 0 Å². The highest BCUT2D eigenvalue weighted by Gasteiger charge is 2.24. The normalized spacial score (nSPS) is 24.8. The second-order valence-electron chi connectivity index (χ2n) is 4.61. The Balaban J connectivity index is 2.18. The van der Waals surface area contributed by atoms with Gasteiger partial charge in [0.15, 0.2) is 5.78 Å². The van der Waals surface area contributed by atoms with Gasteiger partial charge in [-0.3, -0.25) is 4.79 Å². The van der Waals surface area contributed by atoms with Crippen molar-refractivity contribution in [2.45, 2.75) is 32.9 Å². The van der Waals surface area contributed by atoms with E-state index in [0.717, 1.165) is 19.0 Å². The number of aromatic nitrogens is 1. The van der Waals surface area contributed by atoms with Crippen molar-refractivity contribution < 1.29 is 9.53 Å². The van der Waals surface area contributed by atoms with Gasteiger partial charge in [0, 0.05) is 18.3 Å². The third-order valence-electron chi connectivity index (χ3n) is 3.06. The summed E-state index contributed by atoms with van der Waals surface area (Å²) in [6.07, 6.45) is 1.87. The molecule has 1 aromatic heterocycles. The van der Waals surface area contributed by atoms with E-state index in [1.807, 2.05) is 12.1 Å². The quantitative estimate of drug-likeness (QED) is 0.733. The van der Waals surface area contributed by atoms with Gasteiger partial charge < -0.3 is 9.64 Å². The molecule has 0 saturated carbocycles. The van der Waals surface area contributed by atoms with E-state index < -0.39 is 0 Å². The van der Waals surface area contributed by atoms with Crippen LogP contribution in [0.1, 0.15) is 31.1 Å². The zero-order valence-corrected chi connectivity index (χ0v) is 10.5. The van der Waals surface area contributed by atoms with Gasteiger partial charge in [0.25, 0.3) is 0 Å². The molecule has 2 atom stereocenters. The molecule has 0 spiro atoms. The maximum absolute atomic E-state index is 11.2. The van der Waals surface area contributed by atoms with Crippen LogP contribution in [0.25, 0.3) is 0 Å². The van der Waals surface area contributed by atoms with Crippen molar-refractivity contribution in [2.24, 2.45) is 0 Å². The maximum atomic E-state index is 11.2. The summed E-state index contributed by atoms with van der Waals surface area (Å²) < 4.78 is 5.58. The summed E-state index contributed by atoms with van der Waals surface area (Å²) in [5.74, 6) is 0.963. The zero-order valence-electron chi connectivity index (χ0n) is 10.5. The fourth-order valence-electron chi connectivity index (χ4n) is 1.99. The second kappa shape index (κ2) is 4.84. The number of ketones is 1. The Morgan fingerprint density at radius 2 is 2.24 bits per heavy atom. The molecule has 1 fully saturated rings. The molecule has 1 aliphatic rings. The molecule has 92 valence electrons. The Hall–Kier alpha value is -1.42. The van der Waals surface area contributed by atoms with E-state index >= 15 is 0 Å². The van der Waals surface area contributed by atoms with Crippen molar-refractivity contribution >= 4 is 11.6 Å². The number of ether oxygens (including phenoxy) is 1. The minimum Gasteiger partial charge on any atom is -0.375 e. The van der Waals surface area contributed by atoms with Gasteiger partial charge in [-0.2, -0.15) is 0 Å². The van der Waals surface area contributed by atoms with Gasteiger partial charge in [-0.25, -0.2) is 4.98 Å². The Labute approximate surface area is 102 Å². The molecule has 4 nitrogen and oxygen atoms in total. The highest BCUT2D eigenvalue weighted by atomic mass is 16.5. The lowest BCUT2D eigenvalue weighted by molar-refractivity contribution is 0.0340. The van der Waals surface area contributed by atoms with E-state index in [1.54, 1.807) is 13.1 Å². The van der Waals surface area contributed by atoms with Gasteiger partial charge in [0.1, 0.15) is 5.82 Å². The average molecular weight is 234 g/mol. The molecular formula is C13H18N2O2. The summed E-state index contributed by atoms with van der Waals surface area (Å²) in [6, 6.07) is 4.06. The Kier molecular flexibility index (Phi) is 3.43. The summed E-state index contributed by atoms with van der Waals surface area (Å²) >= 11 is 0. The Bertz CT molecular complexity index is 402. The van der Waals surface area contributed by atoms with Crippen LogP contribution in [0.3, 0.4) is 0 Å². The first-order chi connectivity index (χ1) is 8.08. The van der Waals surface area contributed by atoms with Gasteiger partial charge in [0.05, 0.1) is 18.8 Å². The topological polar surface area (TPSA) is 42.4 Å². The van der Waals surface area contributed by atoms with Crippen LogP contribution in [0.2, 0.25) is 0 Å². The van der Waals surface area contributed by atoms with E-state index in [9.17, 15) is 4.79 Å². The predicted molar refractivity (Wildman–Crippen MR) is 66.5 cm³/mol. The molecule has 0 amide bonds. The van der Waals surface area contributed by atoms with Crippen molar-refractivity contribution in [1.29, 1.82) is 0 Å². The van der Waals surface area contributed by atoms with Gasteiger partial charge in [-0.15, -0.1) is 0 Å². The number of pyridine rings is 1. The molecule has 2 unspecified atom stereocenters. The molecule has 0 N–H and O–H groups in total. The minimum absolute atomic E-state index is 0.0486. The molecule has 0 radical (unpaired) electrons. The van der Waals surface area contributed by atoms with Crippen molar-refractivity contribution in [3.05, 3.63) is 23.9 Å². The first-order valence-electron chi connectivity index (χ1n) is 5.93. The number of anilines is 1. The van der Waals surface area contributed by atoms with Gasteiger partial charge >= 0.3 is 0 Å². The lowest BCUT2D eigenvalue weighted by Gasteiger charge is -2.37. The number of hydrogen-bond donors (Lipinski definition) is 0. The molecule has 0 aliphatic carbocycles. The molecule has 2 rings (SSSR count). The van der Waals surface area contributed by atoms with Crippen molar-refractivity contribution in [1.82, 2.24) is 4.98 Å². The second-order valence-corrected chi connectivity index (χ2v) is 4.61. The third kappa shape index (κ3) is 2.64. The lowest BCUT2D eigenvalue weighted by atomic mass is 10.2. The SMILES string of the molecule is CC(=O)c1ccc(N2CC(C)OCC2C)nc1. The van der Waals surface area contributed by atoms with E-state index in [-0.39, 0.29) is 11.9 Å². The largest absolute Gasteiger partial charge is 0.375 e. The smallest absolute Gasteiger partial charge is 0.161 e. The number of nitrogens with zero attached hydrogens (tertiary/aromatic N) is 2. The number of carbonyl (C=O) groups excluding carboxylic acids is 1. The third-order valence-corrected chi connectivity index (χ3v) is 3.06. The van der Waals surface area contributed by atoms with Crippen LogP contribution in [0.5, 0.6) is 0 Å². The summed E-state index contributed by atoms with van der Waals surface area (Å²) in [4.78, 5) is 17.8. The van der Waals surface area contributed by atoms with E-state index in [2.05, 4.69) is 23.7 Å². The molecule has 1 saturated heterocycles. The molecule has 2 heterocycles. The number of hydrogen-bond acceptors (Lipinski definition) is 4. The summed E-state index contributed by atoms with van der Waals surface area (Å²) in [5, 5.41) is 0. The number of morpholine rings is 1. The van der Waals surface area contributed by atoms with E-state index in [0.29, 0.717) is 11.6 Å². The zero-order chi connectivity index (χ0) is 12.4. The summed E-state index contributed by atoms with van der Waals surface area (Å²) in [7, 11) is 0. The number of Topliss-reactive ketones (excluding diaryl/α,β-unsaturated/α-hetero) is 1. The molecule has 1 aliphatic heterocycles. The number of rotatable bonds is 2. The van der Waals surface area contributed by atoms with Gasteiger partial charge in [-0.05, 0) is 32.9 Å². The Morgan fingerprint density at radius 1 is 1.47 bits per heavy atom. The highest BCUT2D eigenvalue weighted by molar-refractivity contribution is 5.93. The number of carbonyl (C=O) groups is 1. The van der Waals surface area contributed by atoms with Crippen LogP contribution in [-0.2, 0) is 4.74 Å². The monoisotopic (exact) mass is 234 g/mol. The molecular weight excluding hydrogens is 216 g/mol. The van der Waals surface area contributed by atoms with Crippen LogP contribution in [-0.4, -0.2) is 36.1 Å². The van der Waals surface area contributed by atoms with Crippen molar-refractivity contribution in [3.63, 3.8) is 0 Å². The van der Waals surface area contributed by atoms with E-state index in [4.69, 9.17) is 4.74 Å². The minimum atomic E-state index is 0.0486. The molecule has 4 heteroatoms. The molecule has 0 aromatic carbocycles. The standard InChI is InChI=1S/C13H18N2O2/c1-9-8-17-10(2)7-15(9)13-5-4-12(6-14-13)11(3)16/h4-6,9-10H,7-8H2,1-3H3. The average Bonchev–Trinajstić information content (AvgIpc) is 2.32. The van der Waals surface area contributed by atoms with Gasteiger partial charge in [-0.1, -0.05) is 0 Å². The first kappa shape index (κ1) is 12.0. The molecule has 0 bridgehead atoms. The first-order valence-corrected chi connectivity index (χ1v) is 5.93. The Morgan fingerprint density at radius 3 is 2.82 bits per heavy atom. The summed E-state index contributed by atoms with van der Waals surface area (Å²) in [6.45, 7) is 7.29. The summed E-state index contributed by atoms with van der Waals surface area (Å²) in [5.41, 5.74) is 0.655. The van der Waals surface area contributed by atoms with Crippen LogP contribution in [0.4, 0.5) is 5.82 Å². The van der Waals surface area contributed by atoms with Gasteiger partial charge in [0.2, 0.25) is 0 Å². The van der Waals surface area contributed by atoms with Crippen LogP contribution < -0.4 is 4.90 Å². The van der Waals surface area contributed by atoms with E-state index in [1.165, 1.54) is 0 Å². The maximum Gasteiger partial charge on any atom is 0.161 e. The fourth-order valence-corrected chi connectivity index (χ4v) is 1.99. The highest BCUT2D eigenvalue weighted by Crippen LogP contribution is 2.19. The van der Waals surface area contributed by atoms with Crippen LogP contribution in [0, 0.1) is 0 Å². The fraction of sp³-hybridized carbons (Fsp3) is 0.538. The van der Waals surface area contributed by atoms with Crippen molar-refractivity contribution in [3.8, 4) is 0 Å². The van der Waals surface area contributed by atoms with Crippen LogP contribution in [0.15, 0.2) is 18.3 Å².